The molecule has 3 aromatic heterocycles. The number of piperidine rings is 1. The molecule has 29 heavy (non-hydrogen) atoms. The van der Waals surface area contributed by atoms with Crippen LogP contribution in [0.25, 0.3) is 11.3 Å². The van der Waals surface area contributed by atoms with Crippen LogP contribution in [0.5, 0.6) is 0 Å². The monoisotopic (exact) mass is 396 g/mol. The molecular weight excluding hydrogens is 368 g/mol. The van der Waals surface area contributed by atoms with Crippen LogP contribution in [0.4, 0.5) is 0 Å². The Morgan fingerprint density at radius 2 is 2.07 bits per heavy atom. The van der Waals surface area contributed by atoms with Crippen molar-refractivity contribution in [2.75, 3.05) is 6.54 Å². The first kappa shape index (κ1) is 19.4. The number of carbonyl (C=O) groups is 1. The first-order valence-electron chi connectivity index (χ1n) is 10.1. The molecule has 1 fully saturated rings. The number of amides is 1. The molecule has 0 spiro atoms. The number of rotatable bonds is 3. The van der Waals surface area contributed by atoms with E-state index >= 15 is 0 Å². The molecule has 1 N–H and O–H groups in total. The fourth-order valence-corrected chi connectivity index (χ4v) is 3.85. The first-order chi connectivity index (χ1) is 13.7. The largest absolute Gasteiger partial charge is 0.356 e. The van der Waals surface area contributed by atoms with Gasteiger partial charge >= 0.3 is 0 Å². The number of nitrogens with zero attached hydrogens (tertiary/aromatic N) is 5. The van der Waals surface area contributed by atoms with Crippen LogP contribution in [0.1, 0.15) is 73.6 Å². The van der Waals surface area contributed by atoms with Crippen molar-refractivity contribution in [3.63, 3.8) is 0 Å². The Morgan fingerprint density at radius 1 is 1.28 bits per heavy atom. The molecule has 0 unspecified atom stereocenters. The smallest absolute Gasteiger partial charge is 0.274 e. The van der Waals surface area contributed by atoms with Crippen molar-refractivity contribution in [1.29, 1.82) is 0 Å². The molecule has 0 bridgehead atoms. The van der Waals surface area contributed by atoms with Gasteiger partial charge in [-0.2, -0.15) is 10.2 Å². The fourth-order valence-electron chi connectivity index (χ4n) is 3.85. The first-order valence-corrected chi connectivity index (χ1v) is 10.1. The summed E-state index contributed by atoms with van der Waals surface area (Å²) >= 11 is 0. The number of hydrogen-bond acceptors (Lipinski definition) is 5. The quantitative estimate of drug-likeness (QED) is 0.727. The van der Waals surface area contributed by atoms with Crippen LogP contribution >= 0.6 is 0 Å². The van der Waals surface area contributed by atoms with Crippen LogP contribution in [0.15, 0.2) is 22.9 Å². The third-order valence-corrected chi connectivity index (χ3v) is 5.44. The fraction of sp³-hybridized carbons (Fsp3) is 0.524. The van der Waals surface area contributed by atoms with Gasteiger partial charge in [-0.25, -0.2) is 0 Å². The maximum absolute atomic E-state index is 13.4. The van der Waals surface area contributed by atoms with E-state index in [0.717, 1.165) is 41.9 Å². The van der Waals surface area contributed by atoms with Crippen LogP contribution in [-0.2, 0) is 12.5 Å². The average molecular weight is 396 g/mol. The van der Waals surface area contributed by atoms with Gasteiger partial charge in [0.25, 0.3) is 5.91 Å². The van der Waals surface area contributed by atoms with E-state index in [1.807, 2.05) is 37.2 Å². The number of aryl methyl sites for hydroxylation is 2. The van der Waals surface area contributed by atoms with E-state index in [1.165, 1.54) is 0 Å². The lowest BCUT2D eigenvalue weighted by Gasteiger charge is -2.34. The van der Waals surface area contributed by atoms with Crippen LogP contribution < -0.4 is 0 Å². The maximum Gasteiger partial charge on any atom is 0.274 e. The molecule has 0 saturated carbocycles. The highest BCUT2D eigenvalue weighted by Crippen LogP contribution is 2.37. The SMILES string of the molecule is Cc1cc(-c2cn(C)nc2[C@H]2CCCCN2C(=O)c2cc(C(C)(C)C)[nH]n2)on1. The lowest BCUT2D eigenvalue weighted by Crippen LogP contribution is -2.39. The van der Waals surface area contributed by atoms with Gasteiger partial charge in [0, 0.05) is 37.0 Å². The van der Waals surface area contributed by atoms with Gasteiger partial charge in [0.1, 0.15) is 5.69 Å². The number of nitrogens with one attached hydrogen (secondary N) is 1. The number of hydrogen-bond donors (Lipinski definition) is 1. The van der Waals surface area contributed by atoms with Crippen molar-refractivity contribution in [3.8, 4) is 11.3 Å². The van der Waals surface area contributed by atoms with Crippen molar-refractivity contribution >= 4 is 5.91 Å². The lowest BCUT2D eigenvalue weighted by atomic mass is 9.92. The summed E-state index contributed by atoms with van der Waals surface area (Å²) in [6, 6.07) is 3.65. The second kappa shape index (κ2) is 7.17. The van der Waals surface area contributed by atoms with Gasteiger partial charge in [-0.1, -0.05) is 25.9 Å². The highest BCUT2D eigenvalue weighted by atomic mass is 16.5. The van der Waals surface area contributed by atoms with E-state index in [-0.39, 0.29) is 17.4 Å². The predicted octanol–water partition coefficient (Wildman–Crippen LogP) is 3.77. The number of aromatic amines is 1. The zero-order valence-electron chi connectivity index (χ0n) is 17.7. The van der Waals surface area contributed by atoms with Crippen LogP contribution in [0.2, 0.25) is 0 Å². The summed E-state index contributed by atoms with van der Waals surface area (Å²) < 4.78 is 7.26. The van der Waals surface area contributed by atoms with Gasteiger partial charge in [0.05, 0.1) is 23.0 Å². The molecule has 1 atom stereocenters. The summed E-state index contributed by atoms with van der Waals surface area (Å²) in [6.45, 7) is 8.87. The number of carbonyl (C=O) groups excluding carboxylic acids is 1. The highest BCUT2D eigenvalue weighted by molar-refractivity contribution is 5.93. The minimum atomic E-state index is -0.118. The summed E-state index contributed by atoms with van der Waals surface area (Å²) in [7, 11) is 1.88. The van der Waals surface area contributed by atoms with Gasteiger partial charge in [0.15, 0.2) is 5.76 Å². The molecule has 0 radical (unpaired) electrons. The van der Waals surface area contributed by atoms with E-state index in [2.05, 4.69) is 36.1 Å². The van der Waals surface area contributed by atoms with Crippen LogP contribution in [-0.4, -0.2) is 42.5 Å². The molecule has 154 valence electrons. The van der Waals surface area contributed by atoms with Crippen molar-refractivity contribution in [1.82, 2.24) is 30.0 Å². The standard InChI is InChI=1S/C21H28N6O2/c1-13-10-17(29-25-13)14-12-26(5)24-19(14)16-8-6-7-9-27(16)20(28)15-11-18(23-22-15)21(2,3)4/h10-12,16H,6-9H2,1-5H3,(H,22,23)/t16-/m1/s1. The second-order valence-corrected chi connectivity index (χ2v) is 8.86. The molecule has 1 saturated heterocycles. The zero-order valence-corrected chi connectivity index (χ0v) is 17.7. The minimum absolute atomic E-state index is 0.0631. The topological polar surface area (TPSA) is 92.8 Å². The van der Waals surface area contributed by atoms with Gasteiger partial charge in [-0.05, 0) is 32.3 Å². The summed E-state index contributed by atoms with van der Waals surface area (Å²) in [6.07, 6.45) is 4.81. The third kappa shape index (κ3) is 3.71. The summed E-state index contributed by atoms with van der Waals surface area (Å²) in [5.41, 5.74) is 3.86. The van der Waals surface area contributed by atoms with E-state index in [4.69, 9.17) is 9.62 Å². The highest BCUT2D eigenvalue weighted by Gasteiger charge is 2.34. The summed E-state index contributed by atoms with van der Waals surface area (Å²) in [5.74, 6) is 0.616. The van der Waals surface area contributed by atoms with Crippen molar-refractivity contribution in [2.45, 2.75) is 58.4 Å². The van der Waals surface area contributed by atoms with E-state index in [0.29, 0.717) is 18.0 Å². The Labute approximate surface area is 170 Å². The van der Waals surface area contributed by atoms with Gasteiger partial charge in [-0.3, -0.25) is 14.6 Å². The number of H-pyrrole nitrogens is 1. The second-order valence-electron chi connectivity index (χ2n) is 8.86. The Balaban J connectivity index is 1.68. The predicted molar refractivity (Wildman–Crippen MR) is 108 cm³/mol. The molecular formula is C21H28N6O2. The molecule has 8 heteroatoms. The lowest BCUT2D eigenvalue weighted by molar-refractivity contribution is 0.0599. The number of likely N-dealkylation sites (tertiary alicyclic amines) is 1. The van der Waals surface area contributed by atoms with Gasteiger partial charge < -0.3 is 9.42 Å². The normalized spacial score (nSPS) is 17.7. The molecule has 8 nitrogen and oxygen atoms in total. The van der Waals surface area contributed by atoms with Gasteiger partial charge in [0.2, 0.25) is 0 Å². The molecule has 4 heterocycles. The Morgan fingerprint density at radius 3 is 2.72 bits per heavy atom. The summed E-state index contributed by atoms with van der Waals surface area (Å²) in [4.78, 5) is 15.3. The van der Waals surface area contributed by atoms with E-state index in [9.17, 15) is 4.79 Å². The van der Waals surface area contributed by atoms with Gasteiger partial charge in [-0.15, -0.1) is 0 Å². The summed E-state index contributed by atoms with van der Waals surface area (Å²) in [5, 5.41) is 16.0. The van der Waals surface area contributed by atoms with Crippen molar-refractivity contribution in [3.05, 3.63) is 41.1 Å². The zero-order chi connectivity index (χ0) is 20.8. The minimum Gasteiger partial charge on any atom is -0.356 e. The van der Waals surface area contributed by atoms with E-state index in [1.54, 1.807) is 4.68 Å². The van der Waals surface area contributed by atoms with Crippen LogP contribution in [0.3, 0.4) is 0 Å². The van der Waals surface area contributed by atoms with Crippen molar-refractivity contribution < 1.29 is 9.32 Å². The number of aromatic nitrogens is 5. The maximum atomic E-state index is 13.4. The van der Waals surface area contributed by atoms with Crippen molar-refractivity contribution in [2.24, 2.45) is 7.05 Å². The Bertz CT molecular complexity index is 1020. The molecule has 0 aromatic carbocycles. The molecule has 0 aliphatic carbocycles. The molecule has 1 aliphatic heterocycles. The van der Waals surface area contributed by atoms with E-state index < -0.39 is 0 Å². The molecule has 4 rings (SSSR count). The van der Waals surface area contributed by atoms with Crippen LogP contribution in [0, 0.1) is 6.92 Å². The average Bonchev–Trinajstić information content (AvgIpc) is 3.40. The third-order valence-electron chi connectivity index (χ3n) is 5.44. The molecule has 1 amide bonds. The Hall–Kier alpha value is -2.90. The Kier molecular flexibility index (Phi) is 4.80. The molecule has 1 aliphatic rings. The molecule has 3 aromatic rings.